The number of aliphatic imine (C=N–C) groups is 1. The van der Waals surface area contributed by atoms with Crippen molar-refractivity contribution in [3.63, 3.8) is 0 Å². The van der Waals surface area contributed by atoms with Crippen LogP contribution in [-0.2, 0) is 24.3 Å². The van der Waals surface area contributed by atoms with E-state index >= 15 is 0 Å². The smallest absolute Gasteiger partial charge is 0.319 e. The molecule has 0 aromatic heterocycles. The second-order valence-corrected chi connectivity index (χ2v) is 9.66. The molecule has 1 unspecified atom stereocenters. The van der Waals surface area contributed by atoms with Crippen molar-refractivity contribution < 1.29 is 14.3 Å². The second kappa shape index (κ2) is 10.7. The molecule has 1 aliphatic heterocycles. The number of hydrogen-bond acceptors (Lipinski definition) is 5. The van der Waals surface area contributed by atoms with Gasteiger partial charge in [0.15, 0.2) is 5.96 Å². The Labute approximate surface area is 217 Å². The Balaban J connectivity index is 1.33. The lowest BCUT2D eigenvalue weighted by Gasteiger charge is -2.22. The van der Waals surface area contributed by atoms with Gasteiger partial charge in [0.2, 0.25) is 0 Å². The zero-order valence-electron chi connectivity index (χ0n) is 21.7. The van der Waals surface area contributed by atoms with Gasteiger partial charge in [0.1, 0.15) is 11.3 Å². The number of benzene rings is 3. The average Bonchev–Trinajstić information content (AvgIpc) is 3.05. The minimum absolute atomic E-state index is 0.137. The Morgan fingerprint density at radius 2 is 1.68 bits per heavy atom. The highest BCUT2D eigenvalue weighted by Gasteiger charge is 2.43. The van der Waals surface area contributed by atoms with Gasteiger partial charge in [0.05, 0.1) is 13.7 Å². The summed E-state index contributed by atoms with van der Waals surface area (Å²) < 4.78 is 5.29. The molecule has 8 heteroatoms. The van der Waals surface area contributed by atoms with Gasteiger partial charge >= 0.3 is 6.03 Å². The lowest BCUT2D eigenvalue weighted by atomic mass is 9.92. The Morgan fingerprint density at radius 1 is 1.00 bits per heavy atom. The summed E-state index contributed by atoms with van der Waals surface area (Å²) in [6.07, 6.45) is 0.426. The highest BCUT2D eigenvalue weighted by Crippen LogP contribution is 2.28. The van der Waals surface area contributed by atoms with Gasteiger partial charge in [-0.05, 0) is 72.9 Å². The number of nitrogens with two attached hydrogens (primary N) is 1. The average molecular weight is 500 g/mol. The number of carbonyl (C=O) groups is 2. The molecule has 1 aliphatic rings. The van der Waals surface area contributed by atoms with E-state index in [0.29, 0.717) is 19.5 Å². The summed E-state index contributed by atoms with van der Waals surface area (Å²) in [6.45, 7) is 6.49. The summed E-state index contributed by atoms with van der Waals surface area (Å²) in [6, 6.07) is 21.0. The number of amides is 3. The second-order valence-electron chi connectivity index (χ2n) is 9.66. The number of carbonyl (C=O) groups excluding carboxylic acids is 2. The number of hydrogen-bond donors (Lipinski definition) is 3. The first-order valence-corrected chi connectivity index (χ1v) is 12.2. The zero-order chi connectivity index (χ0) is 26.6. The normalized spacial score (nSPS) is 16.9. The molecule has 0 fully saturated rings. The monoisotopic (exact) mass is 499 g/mol. The maximum absolute atomic E-state index is 13.3. The van der Waals surface area contributed by atoms with Gasteiger partial charge in [-0.1, -0.05) is 42.5 Å². The number of urea groups is 1. The van der Waals surface area contributed by atoms with Crippen LogP contribution in [0.5, 0.6) is 5.75 Å². The van der Waals surface area contributed by atoms with Crippen molar-refractivity contribution in [2.24, 2.45) is 10.7 Å². The molecule has 0 saturated carbocycles. The van der Waals surface area contributed by atoms with Crippen LogP contribution in [0.15, 0.2) is 71.7 Å². The van der Waals surface area contributed by atoms with Crippen LogP contribution in [0.3, 0.4) is 0 Å². The fraction of sp³-hybridized carbons (Fsp3) is 0.276. The molecule has 0 radical (unpaired) electrons. The molecule has 1 atom stereocenters. The fourth-order valence-corrected chi connectivity index (χ4v) is 4.55. The Hall–Kier alpha value is -4.33. The highest BCUT2D eigenvalue weighted by atomic mass is 16.5. The Morgan fingerprint density at radius 3 is 2.35 bits per heavy atom. The topological polar surface area (TPSA) is 109 Å². The third-order valence-electron chi connectivity index (χ3n) is 6.32. The molecule has 4 N–H and O–H groups in total. The fourth-order valence-electron chi connectivity index (χ4n) is 4.55. The molecule has 0 bridgehead atoms. The third kappa shape index (κ3) is 6.27. The maximum atomic E-state index is 13.3. The van der Waals surface area contributed by atoms with Crippen molar-refractivity contribution in [2.75, 3.05) is 12.4 Å². The van der Waals surface area contributed by atoms with Crippen LogP contribution in [0.25, 0.3) is 0 Å². The van der Waals surface area contributed by atoms with E-state index in [1.807, 2.05) is 74.5 Å². The van der Waals surface area contributed by atoms with E-state index < -0.39 is 5.54 Å². The number of methoxy groups -OCH3 is 1. The number of anilines is 1. The first-order chi connectivity index (χ1) is 17.6. The van der Waals surface area contributed by atoms with E-state index in [2.05, 4.69) is 21.7 Å². The molecule has 8 nitrogen and oxygen atoms in total. The lowest BCUT2D eigenvalue weighted by molar-refractivity contribution is -0.131. The number of ether oxygens (including phenoxy) is 1. The summed E-state index contributed by atoms with van der Waals surface area (Å²) in [7, 11) is 1.61. The van der Waals surface area contributed by atoms with Crippen LogP contribution < -0.4 is 21.1 Å². The molecule has 0 spiro atoms. The number of rotatable bonds is 8. The molecular weight excluding hydrogens is 466 g/mol. The van der Waals surface area contributed by atoms with Crippen LogP contribution >= 0.6 is 0 Å². The summed E-state index contributed by atoms with van der Waals surface area (Å²) in [5.41, 5.74) is 11.0. The molecule has 4 rings (SSSR count). The van der Waals surface area contributed by atoms with Crippen molar-refractivity contribution in [3.05, 3.63) is 94.5 Å². The largest absolute Gasteiger partial charge is 0.497 e. The first kappa shape index (κ1) is 25.8. The molecule has 192 valence electrons. The van der Waals surface area contributed by atoms with E-state index in [0.717, 1.165) is 39.3 Å². The Bertz CT molecular complexity index is 1320. The predicted octanol–water partition coefficient (Wildman–Crippen LogP) is 4.29. The zero-order valence-corrected chi connectivity index (χ0v) is 21.7. The summed E-state index contributed by atoms with van der Waals surface area (Å²) in [4.78, 5) is 31.6. The van der Waals surface area contributed by atoms with Crippen LogP contribution in [0.1, 0.15) is 34.7 Å². The molecule has 3 aromatic rings. The first-order valence-electron chi connectivity index (χ1n) is 12.2. The van der Waals surface area contributed by atoms with E-state index in [9.17, 15) is 9.59 Å². The minimum atomic E-state index is -0.969. The van der Waals surface area contributed by atoms with Gasteiger partial charge in [-0.2, -0.15) is 0 Å². The standard InChI is InChI=1S/C29H33N5O3/c1-19-12-20(2)14-24(13-19)32-28(36)31-17-21-8-10-22(11-9-21)18-34-26(35)29(3,33-27(34)30)16-23-6-5-7-25(15-23)37-4/h5-15H,16-18H2,1-4H3,(H2,30,33)(H2,31,32,36). The van der Waals surface area contributed by atoms with Crippen LogP contribution in [0, 0.1) is 13.8 Å². The molecule has 3 amide bonds. The van der Waals surface area contributed by atoms with Gasteiger partial charge < -0.3 is 21.1 Å². The molecule has 1 heterocycles. The maximum Gasteiger partial charge on any atom is 0.319 e. The predicted molar refractivity (Wildman–Crippen MR) is 145 cm³/mol. The molecule has 0 aliphatic carbocycles. The number of nitrogens with zero attached hydrogens (tertiary/aromatic N) is 2. The summed E-state index contributed by atoms with van der Waals surface area (Å²) in [5, 5.41) is 5.74. The van der Waals surface area contributed by atoms with Gasteiger partial charge in [-0.15, -0.1) is 0 Å². The van der Waals surface area contributed by atoms with Crippen molar-refractivity contribution in [1.29, 1.82) is 0 Å². The summed E-state index contributed by atoms with van der Waals surface area (Å²) >= 11 is 0. The SMILES string of the molecule is COc1cccc(CC2(C)N=C(N)N(Cc3ccc(CNC(=O)Nc4cc(C)cc(C)c4)cc3)C2=O)c1. The van der Waals surface area contributed by atoms with E-state index in [1.54, 1.807) is 14.0 Å². The lowest BCUT2D eigenvalue weighted by Crippen LogP contribution is -2.43. The third-order valence-corrected chi connectivity index (χ3v) is 6.32. The van der Waals surface area contributed by atoms with Crippen molar-refractivity contribution >= 4 is 23.6 Å². The van der Waals surface area contributed by atoms with Crippen LogP contribution in [0.4, 0.5) is 10.5 Å². The Kier molecular flexibility index (Phi) is 7.47. The molecule has 3 aromatic carbocycles. The van der Waals surface area contributed by atoms with Crippen LogP contribution in [0.2, 0.25) is 0 Å². The van der Waals surface area contributed by atoms with Crippen molar-refractivity contribution in [3.8, 4) is 5.75 Å². The number of aryl methyl sites for hydroxylation is 2. The van der Waals surface area contributed by atoms with E-state index in [1.165, 1.54) is 4.90 Å². The van der Waals surface area contributed by atoms with Gasteiger partial charge in [0, 0.05) is 18.7 Å². The van der Waals surface area contributed by atoms with Gasteiger partial charge in [0.25, 0.3) is 5.91 Å². The van der Waals surface area contributed by atoms with Gasteiger partial charge in [-0.3, -0.25) is 9.69 Å². The highest BCUT2D eigenvalue weighted by molar-refractivity contribution is 6.06. The van der Waals surface area contributed by atoms with Gasteiger partial charge in [-0.25, -0.2) is 9.79 Å². The molecule has 37 heavy (non-hydrogen) atoms. The van der Waals surface area contributed by atoms with E-state index in [-0.39, 0.29) is 17.9 Å². The van der Waals surface area contributed by atoms with Crippen LogP contribution in [-0.4, -0.2) is 35.4 Å². The minimum Gasteiger partial charge on any atom is -0.497 e. The molecule has 0 saturated heterocycles. The summed E-state index contributed by atoms with van der Waals surface area (Å²) in [5.74, 6) is 0.809. The van der Waals surface area contributed by atoms with Crippen molar-refractivity contribution in [2.45, 2.75) is 45.8 Å². The number of nitrogens with one attached hydrogen (secondary N) is 2. The van der Waals surface area contributed by atoms with Crippen molar-refractivity contribution in [1.82, 2.24) is 10.2 Å². The van der Waals surface area contributed by atoms with E-state index in [4.69, 9.17) is 10.5 Å². The molecular formula is C29H33N5O3. The number of guanidine groups is 1. The quantitative estimate of drug-likeness (QED) is 0.429.